The van der Waals surface area contributed by atoms with Crippen LogP contribution in [0.4, 0.5) is 5.95 Å². The maximum Gasteiger partial charge on any atom is 0.246 e. The summed E-state index contributed by atoms with van der Waals surface area (Å²) in [4.78, 5) is 19.9. The van der Waals surface area contributed by atoms with Crippen LogP contribution in [-0.2, 0) is 4.79 Å². The summed E-state index contributed by atoms with van der Waals surface area (Å²) in [5, 5.41) is 2.74. The average molecular weight is 273 g/mol. The molecule has 1 amide bonds. The van der Waals surface area contributed by atoms with Crippen LogP contribution in [0, 0.1) is 0 Å². The largest absolute Gasteiger partial charge is 0.481 e. The van der Waals surface area contributed by atoms with E-state index in [1.54, 1.807) is 0 Å². The lowest BCUT2D eigenvalue weighted by Crippen LogP contribution is -2.50. The minimum atomic E-state index is -0.932. The summed E-state index contributed by atoms with van der Waals surface area (Å²) < 4.78 is 4.94. The van der Waals surface area contributed by atoms with Crippen molar-refractivity contribution in [3.05, 3.63) is 11.2 Å². The number of hydrogen-bond donors (Lipinski definition) is 2. The summed E-state index contributed by atoms with van der Waals surface area (Å²) in [5.74, 6) is 0.0267. The SMILES string of the molecule is CCC(N)(CC)C(=O)Nc1nc(Cl)cc(OC)n1. The normalized spacial score (nSPS) is 11.2. The molecule has 0 aromatic carbocycles. The Morgan fingerprint density at radius 2 is 2.11 bits per heavy atom. The third-order valence-electron chi connectivity index (χ3n) is 2.82. The number of amides is 1. The van der Waals surface area contributed by atoms with Crippen LogP contribution in [-0.4, -0.2) is 28.5 Å². The van der Waals surface area contributed by atoms with Gasteiger partial charge in [0.2, 0.25) is 17.7 Å². The molecule has 1 aromatic rings. The van der Waals surface area contributed by atoms with Crippen LogP contribution >= 0.6 is 11.6 Å². The molecule has 0 saturated heterocycles. The molecule has 0 saturated carbocycles. The number of rotatable bonds is 5. The van der Waals surface area contributed by atoms with E-state index >= 15 is 0 Å². The van der Waals surface area contributed by atoms with Gasteiger partial charge in [0.1, 0.15) is 5.15 Å². The lowest BCUT2D eigenvalue weighted by atomic mass is 9.93. The van der Waals surface area contributed by atoms with E-state index in [0.29, 0.717) is 12.8 Å². The highest BCUT2D eigenvalue weighted by atomic mass is 35.5. The van der Waals surface area contributed by atoms with Crippen molar-refractivity contribution in [2.24, 2.45) is 5.73 Å². The molecule has 1 rings (SSSR count). The van der Waals surface area contributed by atoms with Crippen LogP contribution in [0.1, 0.15) is 26.7 Å². The molecule has 0 bridgehead atoms. The van der Waals surface area contributed by atoms with Gasteiger partial charge in [0, 0.05) is 6.07 Å². The fraction of sp³-hybridized carbons (Fsp3) is 0.545. The molecule has 1 heterocycles. The number of carbonyl (C=O) groups is 1. The van der Waals surface area contributed by atoms with Gasteiger partial charge in [-0.1, -0.05) is 25.4 Å². The molecule has 3 N–H and O–H groups in total. The van der Waals surface area contributed by atoms with E-state index in [-0.39, 0.29) is 22.9 Å². The quantitative estimate of drug-likeness (QED) is 0.795. The van der Waals surface area contributed by atoms with E-state index in [9.17, 15) is 4.79 Å². The first-order valence-corrected chi connectivity index (χ1v) is 6.02. The van der Waals surface area contributed by atoms with E-state index in [2.05, 4.69) is 15.3 Å². The number of nitrogens with two attached hydrogens (primary N) is 1. The standard InChI is InChI=1S/C11H17ClN4O2/c1-4-11(13,5-2)9(17)16-10-14-7(12)6-8(15-10)18-3/h6H,4-5,13H2,1-3H3,(H,14,15,16,17). The number of nitrogens with one attached hydrogen (secondary N) is 1. The number of aromatic nitrogens is 2. The molecule has 7 heteroatoms. The first kappa shape index (κ1) is 14.7. The molecule has 0 aliphatic carbocycles. The van der Waals surface area contributed by atoms with Crippen molar-refractivity contribution < 1.29 is 9.53 Å². The van der Waals surface area contributed by atoms with E-state index in [4.69, 9.17) is 22.1 Å². The minimum Gasteiger partial charge on any atom is -0.481 e. The van der Waals surface area contributed by atoms with E-state index in [1.807, 2.05) is 13.8 Å². The van der Waals surface area contributed by atoms with E-state index in [1.165, 1.54) is 13.2 Å². The maximum atomic E-state index is 12.0. The van der Waals surface area contributed by atoms with Crippen LogP contribution in [0.3, 0.4) is 0 Å². The number of nitrogens with zero attached hydrogens (tertiary/aromatic N) is 2. The van der Waals surface area contributed by atoms with Gasteiger partial charge >= 0.3 is 0 Å². The predicted molar refractivity (Wildman–Crippen MR) is 69.7 cm³/mol. The average Bonchev–Trinajstić information content (AvgIpc) is 2.36. The van der Waals surface area contributed by atoms with E-state index < -0.39 is 5.54 Å². The van der Waals surface area contributed by atoms with Gasteiger partial charge in [-0.2, -0.15) is 4.98 Å². The second-order valence-corrected chi connectivity index (χ2v) is 4.26. The first-order valence-electron chi connectivity index (χ1n) is 5.64. The molecule has 0 unspecified atom stereocenters. The van der Waals surface area contributed by atoms with Gasteiger partial charge in [-0.05, 0) is 12.8 Å². The van der Waals surface area contributed by atoms with Gasteiger partial charge in [-0.15, -0.1) is 0 Å². The summed E-state index contributed by atoms with van der Waals surface area (Å²) >= 11 is 5.78. The molecule has 0 atom stereocenters. The van der Waals surface area contributed by atoms with Crippen molar-refractivity contribution in [2.75, 3.05) is 12.4 Å². The van der Waals surface area contributed by atoms with Gasteiger partial charge in [0.15, 0.2) is 0 Å². The Bertz CT molecular complexity index is 435. The van der Waals surface area contributed by atoms with E-state index in [0.717, 1.165) is 0 Å². The molecule has 0 fully saturated rings. The predicted octanol–water partition coefficient (Wildman–Crippen LogP) is 1.59. The summed E-state index contributed by atoms with van der Waals surface area (Å²) in [7, 11) is 1.45. The molecule has 0 spiro atoms. The van der Waals surface area contributed by atoms with Crippen molar-refractivity contribution in [1.29, 1.82) is 0 Å². The monoisotopic (exact) mass is 272 g/mol. The number of anilines is 1. The Balaban J connectivity index is 2.91. The number of methoxy groups -OCH3 is 1. The topological polar surface area (TPSA) is 90.1 Å². The molecular formula is C11H17ClN4O2. The second kappa shape index (κ2) is 5.97. The molecule has 6 nitrogen and oxygen atoms in total. The number of hydrogen-bond acceptors (Lipinski definition) is 5. The fourth-order valence-electron chi connectivity index (χ4n) is 1.35. The summed E-state index contributed by atoms with van der Waals surface area (Å²) in [6.07, 6.45) is 1.04. The summed E-state index contributed by atoms with van der Waals surface area (Å²) in [5.41, 5.74) is 5.03. The van der Waals surface area contributed by atoms with Crippen molar-refractivity contribution in [1.82, 2.24) is 9.97 Å². The third kappa shape index (κ3) is 3.30. The van der Waals surface area contributed by atoms with Gasteiger partial charge < -0.3 is 10.5 Å². The van der Waals surface area contributed by atoms with Gasteiger partial charge in [-0.3, -0.25) is 10.1 Å². The zero-order valence-electron chi connectivity index (χ0n) is 10.7. The Hall–Kier alpha value is -1.40. The van der Waals surface area contributed by atoms with Crippen molar-refractivity contribution in [3.8, 4) is 5.88 Å². The first-order chi connectivity index (χ1) is 8.45. The zero-order valence-corrected chi connectivity index (χ0v) is 11.4. The molecular weight excluding hydrogens is 256 g/mol. The third-order valence-corrected chi connectivity index (χ3v) is 3.01. The van der Waals surface area contributed by atoms with Crippen LogP contribution in [0.15, 0.2) is 6.07 Å². The summed E-state index contributed by atoms with van der Waals surface area (Å²) in [6.45, 7) is 3.70. The number of ether oxygens (including phenoxy) is 1. The molecule has 100 valence electrons. The molecule has 0 aliphatic rings. The highest BCUT2D eigenvalue weighted by molar-refractivity contribution is 6.29. The molecule has 0 aliphatic heterocycles. The highest BCUT2D eigenvalue weighted by Crippen LogP contribution is 2.18. The fourth-order valence-corrected chi connectivity index (χ4v) is 1.53. The smallest absolute Gasteiger partial charge is 0.246 e. The molecule has 18 heavy (non-hydrogen) atoms. The van der Waals surface area contributed by atoms with Gasteiger partial charge in [-0.25, -0.2) is 4.98 Å². The minimum absolute atomic E-state index is 0.0843. The highest BCUT2D eigenvalue weighted by Gasteiger charge is 2.30. The van der Waals surface area contributed by atoms with Crippen molar-refractivity contribution in [2.45, 2.75) is 32.2 Å². The Morgan fingerprint density at radius 1 is 1.50 bits per heavy atom. The zero-order chi connectivity index (χ0) is 13.8. The van der Waals surface area contributed by atoms with Crippen LogP contribution < -0.4 is 15.8 Å². The molecule has 1 aromatic heterocycles. The number of carbonyl (C=O) groups excluding carboxylic acids is 1. The van der Waals surface area contributed by atoms with Crippen LogP contribution in [0.25, 0.3) is 0 Å². The maximum absolute atomic E-state index is 12.0. The number of halogens is 1. The Kier molecular flexibility index (Phi) is 4.86. The van der Waals surface area contributed by atoms with Crippen molar-refractivity contribution in [3.63, 3.8) is 0 Å². The second-order valence-electron chi connectivity index (χ2n) is 3.87. The molecule has 0 radical (unpaired) electrons. The Morgan fingerprint density at radius 3 is 2.61 bits per heavy atom. The van der Waals surface area contributed by atoms with Crippen molar-refractivity contribution >= 4 is 23.5 Å². The van der Waals surface area contributed by atoms with Crippen LogP contribution in [0.2, 0.25) is 5.15 Å². The van der Waals surface area contributed by atoms with Gasteiger partial charge in [0.05, 0.1) is 12.6 Å². The van der Waals surface area contributed by atoms with Crippen LogP contribution in [0.5, 0.6) is 5.88 Å². The lowest BCUT2D eigenvalue weighted by molar-refractivity contribution is -0.121. The lowest BCUT2D eigenvalue weighted by Gasteiger charge is -2.24. The summed E-state index contributed by atoms with van der Waals surface area (Å²) in [6, 6.07) is 1.45. The van der Waals surface area contributed by atoms with Gasteiger partial charge in [0.25, 0.3) is 0 Å². The Labute approximate surface area is 111 Å².